The highest BCUT2D eigenvalue weighted by atomic mass is 79.9. The molecular formula is C14H20BrNO. The van der Waals surface area contributed by atoms with Gasteiger partial charge in [0.05, 0.1) is 11.6 Å². The molecule has 1 saturated heterocycles. The number of piperidine rings is 1. The van der Waals surface area contributed by atoms with Crippen molar-refractivity contribution in [3.05, 3.63) is 28.2 Å². The quantitative estimate of drug-likeness (QED) is 0.844. The highest BCUT2D eigenvalue weighted by molar-refractivity contribution is 9.10. The normalized spacial score (nSPS) is 21.5. The summed E-state index contributed by atoms with van der Waals surface area (Å²) < 4.78 is 6.29. The van der Waals surface area contributed by atoms with E-state index in [-0.39, 0.29) is 0 Å². The van der Waals surface area contributed by atoms with Crippen LogP contribution in [0.15, 0.2) is 22.7 Å². The van der Waals surface area contributed by atoms with Crippen molar-refractivity contribution in [3.8, 4) is 5.75 Å². The van der Waals surface area contributed by atoms with Crippen molar-refractivity contribution in [2.45, 2.75) is 26.3 Å². The number of hydrogen-bond acceptors (Lipinski definition) is 2. The lowest BCUT2D eigenvalue weighted by Crippen LogP contribution is -2.33. The number of benzene rings is 1. The van der Waals surface area contributed by atoms with Crippen molar-refractivity contribution in [1.29, 1.82) is 0 Å². The summed E-state index contributed by atoms with van der Waals surface area (Å²) in [7, 11) is 1.70. The molecule has 1 aliphatic heterocycles. The smallest absolute Gasteiger partial charge is 0.133 e. The average molecular weight is 298 g/mol. The minimum absolute atomic E-state index is 0.838. The van der Waals surface area contributed by atoms with Crippen LogP contribution in [0.5, 0.6) is 5.75 Å². The summed E-state index contributed by atoms with van der Waals surface area (Å²) in [5.41, 5.74) is 1.35. The molecule has 0 radical (unpaired) electrons. The van der Waals surface area contributed by atoms with E-state index in [1.165, 1.54) is 31.5 Å². The fourth-order valence-corrected chi connectivity index (χ4v) is 3.08. The second-order valence-corrected chi connectivity index (χ2v) is 5.81. The Kier molecular flexibility index (Phi) is 4.46. The maximum absolute atomic E-state index is 5.25. The zero-order valence-corrected chi connectivity index (χ0v) is 12.2. The van der Waals surface area contributed by atoms with Gasteiger partial charge in [-0.05, 0) is 58.9 Å². The van der Waals surface area contributed by atoms with Gasteiger partial charge in [-0.15, -0.1) is 0 Å². The summed E-state index contributed by atoms with van der Waals surface area (Å²) >= 11 is 3.54. The molecule has 0 amide bonds. The Morgan fingerprint density at radius 3 is 2.94 bits per heavy atom. The van der Waals surface area contributed by atoms with Gasteiger partial charge in [0, 0.05) is 13.1 Å². The lowest BCUT2D eigenvalue weighted by atomic mass is 10.00. The van der Waals surface area contributed by atoms with E-state index >= 15 is 0 Å². The molecule has 0 saturated carbocycles. The lowest BCUT2D eigenvalue weighted by molar-refractivity contribution is 0.176. The van der Waals surface area contributed by atoms with E-state index in [0.29, 0.717) is 0 Å². The van der Waals surface area contributed by atoms with Gasteiger partial charge in [0.15, 0.2) is 0 Å². The van der Waals surface area contributed by atoms with E-state index in [0.717, 1.165) is 22.7 Å². The number of halogens is 1. The lowest BCUT2D eigenvalue weighted by Gasteiger charge is -2.30. The molecule has 0 N–H and O–H groups in total. The molecule has 3 heteroatoms. The van der Waals surface area contributed by atoms with Crippen LogP contribution < -0.4 is 4.74 Å². The zero-order valence-electron chi connectivity index (χ0n) is 10.6. The molecule has 1 aliphatic rings. The summed E-state index contributed by atoms with van der Waals surface area (Å²) in [5.74, 6) is 1.74. The molecule has 2 rings (SSSR count). The van der Waals surface area contributed by atoms with Crippen molar-refractivity contribution in [3.63, 3.8) is 0 Å². The van der Waals surface area contributed by atoms with Crippen LogP contribution in [-0.2, 0) is 6.54 Å². The fraction of sp³-hybridized carbons (Fsp3) is 0.571. The SMILES string of the molecule is COc1ccc(CN2CCC[C@@H](C)C2)cc1Br. The molecule has 2 nitrogen and oxygen atoms in total. The third kappa shape index (κ3) is 3.46. The van der Waals surface area contributed by atoms with E-state index in [1.54, 1.807) is 7.11 Å². The van der Waals surface area contributed by atoms with Crippen molar-refractivity contribution in [2.75, 3.05) is 20.2 Å². The van der Waals surface area contributed by atoms with Crippen LogP contribution >= 0.6 is 15.9 Å². The number of rotatable bonds is 3. The van der Waals surface area contributed by atoms with Crippen molar-refractivity contribution in [1.82, 2.24) is 4.90 Å². The summed E-state index contributed by atoms with van der Waals surface area (Å²) in [6.07, 6.45) is 2.71. The number of methoxy groups -OCH3 is 1. The Morgan fingerprint density at radius 1 is 1.47 bits per heavy atom. The Bertz CT molecular complexity index is 380. The number of ether oxygens (including phenoxy) is 1. The maximum atomic E-state index is 5.25. The minimum Gasteiger partial charge on any atom is -0.496 e. The summed E-state index contributed by atoms with van der Waals surface area (Å²) in [4.78, 5) is 2.54. The van der Waals surface area contributed by atoms with E-state index in [9.17, 15) is 0 Å². The predicted octanol–water partition coefficient (Wildman–Crippen LogP) is 3.69. The van der Waals surface area contributed by atoms with E-state index < -0.39 is 0 Å². The molecule has 0 unspecified atom stereocenters. The average Bonchev–Trinajstić information content (AvgIpc) is 2.29. The molecule has 1 atom stereocenters. The largest absolute Gasteiger partial charge is 0.496 e. The van der Waals surface area contributed by atoms with Gasteiger partial charge in [0.1, 0.15) is 5.75 Å². The minimum atomic E-state index is 0.838. The Balaban J connectivity index is 2.00. The first-order valence-electron chi connectivity index (χ1n) is 6.24. The second-order valence-electron chi connectivity index (χ2n) is 4.95. The van der Waals surface area contributed by atoms with Crippen LogP contribution in [0.25, 0.3) is 0 Å². The topological polar surface area (TPSA) is 12.5 Å². The van der Waals surface area contributed by atoms with Crippen LogP contribution in [0.3, 0.4) is 0 Å². The third-order valence-corrected chi connectivity index (χ3v) is 3.98. The van der Waals surface area contributed by atoms with Crippen LogP contribution in [-0.4, -0.2) is 25.1 Å². The van der Waals surface area contributed by atoms with Crippen LogP contribution in [0.2, 0.25) is 0 Å². The standard InChI is InChI=1S/C14H20BrNO/c1-11-4-3-7-16(9-11)10-12-5-6-14(17-2)13(15)8-12/h5-6,8,11H,3-4,7,9-10H2,1-2H3/t11-/m1/s1. The molecule has 0 aromatic heterocycles. The van der Waals surface area contributed by atoms with Gasteiger partial charge in [-0.3, -0.25) is 4.90 Å². The van der Waals surface area contributed by atoms with Gasteiger partial charge >= 0.3 is 0 Å². The summed E-state index contributed by atoms with van der Waals surface area (Å²) in [6.45, 7) is 5.85. The first-order chi connectivity index (χ1) is 8.19. The molecule has 0 bridgehead atoms. The van der Waals surface area contributed by atoms with Gasteiger partial charge in [-0.2, -0.15) is 0 Å². The molecule has 1 fully saturated rings. The van der Waals surface area contributed by atoms with Gasteiger partial charge in [-0.1, -0.05) is 13.0 Å². The molecule has 1 aromatic carbocycles. The highest BCUT2D eigenvalue weighted by Gasteiger charge is 2.16. The monoisotopic (exact) mass is 297 g/mol. The molecule has 17 heavy (non-hydrogen) atoms. The number of hydrogen-bond donors (Lipinski definition) is 0. The Morgan fingerprint density at radius 2 is 2.29 bits per heavy atom. The molecule has 1 heterocycles. The molecule has 0 aliphatic carbocycles. The highest BCUT2D eigenvalue weighted by Crippen LogP contribution is 2.26. The molecule has 0 spiro atoms. The van der Waals surface area contributed by atoms with Crippen molar-refractivity contribution < 1.29 is 4.74 Å². The van der Waals surface area contributed by atoms with E-state index in [1.807, 2.05) is 6.07 Å². The Hall–Kier alpha value is -0.540. The van der Waals surface area contributed by atoms with E-state index in [2.05, 4.69) is 39.9 Å². The maximum Gasteiger partial charge on any atom is 0.133 e. The first kappa shape index (κ1) is 12.9. The van der Waals surface area contributed by atoms with E-state index in [4.69, 9.17) is 4.74 Å². The molecule has 94 valence electrons. The van der Waals surface area contributed by atoms with Gasteiger partial charge < -0.3 is 4.74 Å². The third-order valence-electron chi connectivity index (χ3n) is 3.36. The zero-order chi connectivity index (χ0) is 12.3. The van der Waals surface area contributed by atoms with Gasteiger partial charge in [0.2, 0.25) is 0 Å². The van der Waals surface area contributed by atoms with Gasteiger partial charge in [-0.25, -0.2) is 0 Å². The number of likely N-dealkylation sites (tertiary alicyclic amines) is 1. The van der Waals surface area contributed by atoms with Crippen molar-refractivity contribution >= 4 is 15.9 Å². The van der Waals surface area contributed by atoms with Gasteiger partial charge in [0.25, 0.3) is 0 Å². The Labute approximate surface area is 112 Å². The molecular weight excluding hydrogens is 278 g/mol. The van der Waals surface area contributed by atoms with Crippen LogP contribution in [0, 0.1) is 5.92 Å². The van der Waals surface area contributed by atoms with Crippen LogP contribution in [0.4, 0.5) is 0 Å². The first-order valence-corrected chi connectivity index (χ1v) is 7.03. The summed E-state index contributed by atoms with van der Waals surface area (Å²) in [5, 5.41) is 0. The molecule has 1 aromatic rings. The van der Waals surface area contributed by atoms with Crippen LogP contribution in [0.1, 0.15) is 25.3 Å². The second kappa shape index (κ2) is 5.87. The van der Waals surface area contributed by atoms with Crippen molar-refractivity contribution in [2.24, 2.45) is 5.92 Å². The number of nitrogens with zero attached hydrogens (tertiary/aromatic N) is 1. The predicted molar refractivity (Wildman–Crippen MR) is 74.4 cm³/mol. The fourth-order valence-electron chi connectivity index (χ4n) is 2.50. The summed E-state index contributed by atoms with van der Waals surface area (Å²) in [6, 6.07) is 6.35.